The van der Waals surface area contributed by atoms with E-state index in [2.05, 4.69) is 0 Å². The molecule has 0 spiro atoms. The summed E-state index contributed by atoms with van der Waals surface area (Å²) in [5.74, 6) is 0. The van der Waals surface area contributed by atoms with Crippen LogP contribution in [-0.2, 0) is 0 Å². The Bertz CT molecular complexity index is 90.5. The minimum Gasteiger partial charge on any atom is -0.390 e. The van der Waals surface area contributed by atoms with Crippen LogP contribution < -0.4 is 5.73 Å². The summed E-state index contributed by atoms with van der Waals surface area (Å²) in [6, 6.07) is 0.241. The smallest absolute Gasteiger partial charge is 0.0635 e. The summed E-state index contributed by atoms with van der Waals surface area (Å²) in [6.07, 6.45) is 2.62. The third-order valence-electron chi connectivity index (χ3n) is 1.76. The van der Waals surface area contributed by atoms with Crippen LogP contribution >= 0.6 is 0 Å². The summed E-state index contributed by atoms with van der Waals surface area (Å²) in [5, 5.41) is 9.28. The highest BCUT2D eigenvalue weighted by Gasteiger charge is 2.30. The molecule has 1 rings (SSSR count). The van der Waals surface area contributed by atoms with Gasteiger partial charge < -0.3 is 10.8 Å². The quantitative estimate of drug-likeness (QED) is 0.475. The van der Waals surface area contributed by atoms with Gasteiger partial charge in [0, 0.05) is 6.04 Å². The van der Waals surface area contributed by atoms with Crippen molar-refractivity contribution in [2.24, 2.45) is 5.73 Å². The molecule has 0 aliphatic heterocycles. The predicted octanol–water partition coefficient (Wildman–Crippen LogP) is 0.249. The number of hydrogen-bond donors (Lipinski definition) is 2. The fourth-order valence-electron chi connectivity index (χ4n) is 1.27. The minimum absolute atomic E-state index is 0.241. The van der Waals surface area contributed by atoms with Gasteiger partial charge in [-0.1, -0.05) is 0 Å². The molecule has 0 radical (unpaired) electrons. The monoisotopic (exact) mass is 115 g/mol. The van der Waals surface area contributed by atoms with Crippen molar-refractivity contribution in [3.8, 4) is 0 Å². The van der Waals surface area contributed by atoms with E-state index in [1.165, 1.54) is 0 Å². The Kier molecular flexibility index (Phi) is 1.29. The first-order chi connectivity index (χ1) is 3.60. The van der Waals surface area contributed by atoms with Gasteiger partial charge in [0.2, 0.25) is 0 Å². The van der Waals surface area contributed by atoms with Crippen molar-refractivity contribution in [2.75, 3.05) is 0 Å². The van der Waals surface area contributed by atoms with E-state index >= 15 is 0 Å². The van der Waals surface area contributed by atoms with E-state index in [1.807, 2.05) is 6.92 Å². The molecule has 1 aliphatic rings. The maximum atomic E-state index is 9.28. The first kappa shape index (κ1) is 6.05. The molecule has 0 aromatic rings. The van der Waals surface area contributed by atoms with Crippen LogP contribution in [0.3, 0.4) is 0 Å². The third kappa shape index (κ3) is 1.20. The molecular formula is C6H13NO. The average Bonchev–Trinajstić information content (AvgIpc) is 1.82. The lowest BCUT2D eigenvalue weighted by Gasteiger charge is -2.13. The maximum Gasteiger partial charge on any atom is 0.0635 e. The predicted molar refractivity (Wildman–Crippen MR) is 32.5 cm³/mol. The summed E-state index contributed by atoms with van der Waals surface area (Å²) < 4.78 is 0. The largest absolute Gasteiger partial charge is 0.390 e. The van der Waals surface area contributed by atoms with Crippen LogP contribution in [0.5, 0.6) is 0 Å². The van der Waals surface area contributed by atoms with Crippen LogP contribution in [0.4, 0.5) is 0 Å². The molecule has 0 aromatic carbocycles. The van der Waals surface area contributed by atoms with Crippen molar-refractivity contribution in [2.45, 2.75) is 37.8 Å². The van der Waals surface area contributed by atoms with Gasteiger partial charge in [0.15, 0.2) is 0 Å². The SMILES string of the molecule is C[C@]1(O)CCC(N)C1. The first-order valence-corrected chi connectivity index (χ1v) is 3.08. The molecule has 2 atom stereocenters. The van der Waals surface area contributed by atoms with Gasteiger partial charge >= 0.3 is 0 Å². The Morgan fingerprint density at radius 1 is 1.75 bits per heavy atom. The summed E-state index contributed by atoms with van der Waals surface area (Å²) in [7, 11) is 0. The van der Waals surface area contributed by atoms with Crippen molar-refractivity contribution < 1.29 is 5.11 Å². The summed E-state index contributed by atoms with van der Waals surface area (Å²) >= 11 is 0. The first-order valence-electron chi connectivity index (χ1n) is 3.08. The fourth-order valence-corrected chi connectivity index (χ4v) is 1.27. The van der Waals surface area contributed by atoms with Gasteiger partial charge in [0.1, 0.15) is 0 Å². The zero-order valence-corrected chi connectivity index (χ0v) is 5.22. The fraction of sp³-hybridized carbons (Fsp3) is 1.00. The molecule has 0 aromatic heterocycles. The van der Waals surface area contributed by atoms with Gasteiger partial charge in [0.05, 0.1) is 5.60 Å². The lowest BCUT2D eigenvalue weighted by Crippen LogP contribution is -2.23. The second-order valence-corrected chi connectivity index (χ2v) is 3.00. The number of hydrogen-bond acceptors (Lipinski definition) is 2. The standard InChI is InChI=1S/C6H13NO/c1-6(8)3-2-5(7)4-6/h5,8H,2-4,7H2,1H3/t5?,6-/m0/s1. The Labute approximate surface area is 49.7 Å². The maximum absolute atomic E-state index is 9.28. The van der Waals surface area contributed by atoms with Gasteiger partial charge in [0.25, 0.3) is 0 Å². The highest BCUT2D eigenvalue weighted by atomic mass is 16.3. The Morgan fingerprint density at radius 2 is 2.38 bits per heavy atom. The molecule has 1 saturated carbocycles. The number of aliphatic hydroxyl groups is 1. The number of nitrogens with two attached hydrogens (primary N) is 1. The van der Waals surface area contributed by atoms with Crippen LogP contribution in [0.25, 0.3) is 0 Å². The molecule has 48 valence electrons. The van der Waals surface area contributed by atoms with Gasteiger partial charge in [-0.05, 0) is 26.2 Å². The van der Waals surface area contributed by atoms with Crippen molar-refractivity contribution in [3.05, 3.63) is 0 Å². The third-order valence-corrected chi connectivity index (χ3v) is 1.76. The molecule has 0 heterocycles. The van der Waals surface area contributed by atoms with E-state index in [9.17, 15) is 5.11 Å². The zero-order valence-electron chi connectivity index (χ0n) is 5.22. The Morgan fingerprint density at radius 3 is 2.50 bits per heavy atom. The van der Waals surface area contributed by atoms with E-state index in [-0.39, 0.29) is 6.04 Å². The van der Waals surface area contributed by atoms with Gasteiger partial charge in [-0.3, -0.25) is 0 Å². The normalized spacial score (nSPS) is 47.6. The average molecular weight is 115 g/mol. The molecular weight excluding hydrogens is 102 g/mol. The van der Waals surface area contributed by atoms with E-state index in [0.29, 0.717) is 0 Å². The zero-order chi connectivity index (χ0) is 6.20. The molecule has 2 heteroatoms. The lowest BCUT2D eigenvalue weighted by molar-refractivity contribution is 0.0667. The second-order valence-electron chi connectivity index (χ2n) is 3.00. The lowest BCUT2D eigenvalue weighted by atomic mass is 10.1. The van der Waals surface area contributed by atoms with Crippen LogP contribution in [-0.4, -0.2) is 16.7 Å². The van der Waals surface area contributed by atoms with Crippen molar-refractivity contribution in [1.29, 1.82) is 0 Å². The Balaban J connectivity index is 2.44. The van der Waals surface area contributed by atoms with E-state index in [4.69, 9.17) is 5.73 Å². The van der Waals surface area contributed by atoms with E-state index < -0.39 is 5.60 Å². The van der Waals surface area contributed by atoms with Crippen molar-refractivity contribution in [3.63, 3.8) is 0 Å². The molecule has 0 bridgehead atoms. The van der Waals surface area contributed by atoms with Crippen molar-refractivity contribution >= 4 is 0 Å². The molecule has 8 heavy (non-hydrogen) atoms. The number of rotatable bonds is 0. The molecule has 0 amide bonds. The highest BCUT2D eigenvalue weighted by molar-refractivity contribution is 4.86. The van der Waals surface area contributed by atoms with Crippen LogP contribution in [0.2, 0.25) is 0 Å². The van der Waals surface area contributed by atoms with Crippen LogP contribution in [0.1, 0.15) is 26.2 Å². The summed E-state index contributed by atoms with van der Waals surface area (Å²) in [4.78, 5) is 0. The van der Waals surface area contributed by atoms with E-state index in [0.717, 1.165) is 19.3 Å². The highest BCUT2D eigenvalue weighted by Crippen LogP contribution is 2.27. The molecule has 2 nitrogen and oxygen atoms in total. The summed E-state index contributed by atoms with van der Waals surface area (Å²) in [5.41, 5.74) is 5.09. The molecule has 1 unspecified atom stereocenters. The second kappa shape index (κ2) is 1.71. The topological polar surface area (TPSA) is 46.2 Å². The van der Waals surface area contributed by atoms with E-state index in [1.54, 1.807) is 0 Å². The minimum atomic E-state index is -0.459. The van der Waals surface area contributed by atoms with Gasteiger partial charge in [-0.15, -0.1) is 0 Å². The molecule has 1 fully saturated rings. The molecule has 3 N–H and O–H groups in total. The van der Waals surface area contributed by atoms with Crippen molar-refractivity contribution in [1.82, 2.24) is 0 Å². The van der Waals surface area contributed by atoms with Gasteiger partial charge in [-0.2, -0.15) is 0 Å². The molecule has 0 saturated heterocycles. The molecule has 1 aliphatic carbocycles. The van der Waals surface area contributed by atoms with Crippen LogP contribution in [0.15, 0.2) is 0 Å². The van der Waals surface area contributed by atoms with Gasteiger partial charge in [-0.25, -0.2) is 0 Å². The summed E-state index contributed by atoms with van der Waals surface area (Å²) in [6.45, 7) is 1.85. The van der Waals surface area contributed by atoms with Crippen LogP contribution in [0, 0.1) is 0 Å². The Hall–Kier alpha value is -0.0800.